The number of hydrogen-bond donors (Lipinski definition) is 0. The lowest BCUT2D eigenvalue weighted by Gasteiger charge is -2.10. The van der Waals surface area contributed by atoms with E-state index in [4.69, 9.17) is 9.47 Å². The maximum Gasteiger partial charge on any atom is 0.344 e. The van der Waals surface area contributed by atoms with Gasteiger partial charge in [0.1, 0.15) is 5.75 Å². The predicted octanol–water partition coefficient (Wildman–Crippen LogP) is 6.73. The van der Waals surface area contributed by atoms with E-state index in [-0.39, 0.29) is 12.6 Å². The van der Waals surface area contributed by atoms with Gasteiger partial charge in [-0.3, -0.25) is 0 Å². The molecule has 0 aliphatic carbocycles. The van der Waals surface area contributed by atoms with Crippen LogP contribution in [0.25, 0.3) is 21.8 Å². The smallest absolute Gasteiger partial charge is 0.344 e. The highest BCUT2D eigenvalue weighted by molar-refractivity contribution is 6.08. The molecule has 1 aromatic heterocycles. The third-order valence-corrected chi connectivity index (χ3v) is 5.41. The summed E-state index contributed by atoms with van der Waals surface area (Å²) in [7, 11) is 0. The number of hydrogen-bond acceptors (Lipinski definition) is 3. The first kappa shape index (κ1) is 22.2. The second-order valence-corrected chi connectivity index (χ2v) is 8.48. The molecule has 0 saturated carbocycles. The molecule has 0 spiro atoms. The standard InChI is InChI=1S/C26H35NO3/c1-4-5-6-7-8-11-16-27-24-13-10-9-12-22(24)23-15-14-21(17-25(23)27)29-19-26(28)30-18-20(2)3/h9-10,12-15,17,20H,4-8,11,16,18-19H2,1-3H3. The van der Waals surface area contributed by atoms with Crippen molar-refractivity contribution >= 4 is 27.8 Å². The minimum Gasteiger partial charge on any atom is -0.482 e. The predicted molar refractivity (Wildman–Crippen MR) is 124 cm³/mol. The molecule has 0 fully saturated rings. The van der Waals surface area contributed by atoms with Crippen LogP contribution in [0.2, 0.25) is 0 Å². The van der Waals surface area contributed by atoms with Crippen molar-refractivity contribution in [1.29, 1.82) is 0 Å². The molecule has 0 unspecified atom stereocenters. The molecule has 3 aromatic rings. The van der Waals surface area contributed by atoms with E-state index in [1.54, 1.807) is 0 Å². The van der Waals surface area contributed by atoms with Gasteiger partial charge in [-0.05, 0) is 30.5 Å². The van der Waals surface area contributed by atoms with Gasteiger partial charge in [0.25, 0.3) is 0 Å². The van der Waals surface area contributed by atoms with Crippen molar-refractivity contribution in [3.05, 3.63) is 42.5 Å². The van der Waals surface area contributed by atoms with Crippen LogP contribution in [0, 0.1) is 5.92 Å². The highest BCUT2D eigenvalue weighted by atomic mass is 16.6. The number of aromatic nitrogens is 1. The van der Waals surface area contributed by atoms with Crippen molar-refractivity contribution in [2.75, 3.05) is 13.2 Å². The fraction of sp³-hybridized carbons (Fsp3) is 0.500. The van der Waals surface area contributed by atoms with E-state index in [0.717, 1.165) is 12.1 Å². The van der Waals surface area contributed by atoms with E-state index in [9.17, 15) is 4.79 Å². The molecule has 1 heterocycles. The van der Waals surface area contributed by atoms with Crippen molar-refractivity contribution in [1.82, 2.24) is 4.57 Å². The quantitative estimate of drug-likeness (QED) is 0.246. The fourth-order valence-electron chi connectivity index (χ4n) is 3.85. The summed E-state index contributed by atoms with van der Waals surface area (Å²) in [6.45, 7) is 7.65. The first-order chi connectivity index (χ1) is 14.6. The molecule has 4 heteroatoms. The molecule has 0 atom stereocenters. The fourth-order valence-corrected chi connectivity index (χ4v) is 3.85. The highest BCUT2D eigenvalue weighted by Gasteiger charge is 2.12. The van der Waals surface area contributed by atoms with E-state index >= 15 is 0 Å². The van der Waals surface area contributed by atoms with Gasteiger partial charge < -0.3 is 14.0 Å². The van der Waals surface area contributed by atoms with Gasteiger partial charge >= 0.3 is 5.97 Å². The Hall–Kier alpha value is -2.49. The van der Waals surface area contributed by atoms with Crippen molar-refractivity contribution in [3.8, 4) is 5.75 Å². The first-order valence-corrected chi connectivity index (χ1v) is 11.4. The Morgan fingerprint density at radius 1 is 0.933 bits per heavy atom. The molecule has 0 aliphatic rings. The van der Waals surface area contributed by atoms with Crippen LogP contribution >= 0.6 is 0 Å². The van der Waals surface area contributed by atoms with E-state index in [1.165, 1.54) is 54.8 Å². The zero-order chi connectivity index (χ0) is 21.3. The SMILES string of the molecule is CCCCCCCCn1c2ccccc2c2ccc(OCC(=O)OCC(C)C)cc21. The molecule has 0 aliphatic heterocycles. The summed E-state index contributed by atoms with van der Waals surface area (Å²) in [5.74, 6) is 0.704. The topological polar surface area (TPSA) is 40.5 Å². The lowest BCUT2D eigenvalue weighted by Crippen LogP contribution is -2.17. The average Bonchev–Trinajstić information content (AvgIpc) is 3.06. The minimum absolute atomic E-state index is 0.0596. The lowest BCUT2D eigenvalue weighted by molar-refractivity contribution is -0.147. The van der Waals surface area contributed by atoms with Gasteiger partial charge in [-0.1, -0.05) is 71.1 Å². The Kier molecular flexibility index (Phi) is 8.18. The van der Waals surface area contributed by atoms with E-state index < -0.39 is 0 Å². The number of carbonyl (C=O) groups is 1. The Morgan fingerprint density at radius 2 is 1.67 bits per heavy atom. The van der Waals surface area contributed by atoms with Crippen LogP contribution in [0.15, 0.2) is 42.5 Å². The van der Waals surface area contributed by atoms with E-state index in [1.807, 2.05) is 19.9 Å². The summed E-state index contributed by atoms with van der Waals surface area (Å²) in [6, 6.07) is 14.7. The maximum absolute atomic E-state index is 11.9. The monoisotopic (exact) mass is 409 g/mol. The van der Waals surface area contributed by atoms with Crippen LogP contribution in [-0.2, 0) is 16.1 Å². The number of carbonyl (C=O) groups excluding carboxylic acids is 1. The van der Waals surface area contributed by atoms with Gasteiger partial charge in [0.15, 0.2) is 6.61 Å². The molecule has 0 radical (unpaired) electrons. The number of aryl methyl sites for hydroxylation is 1. The molecule has 0 N–H and O–H groups in total. The van der Waals surface area contributed by atoms with Gasteiger partial charge in [-0.2, -0.15) is 0 Å². The Balaban J connectivity index is 1.74. The summed E-state index contributed by atoms with van der Waals surface area (Å²) < 4.78 is 13.3. The molecule has 2 aromatic carbocycles. The molecule has 0 amide bonds. The number of para-hydroxylation sites is 1. The average molecular weight is 410 g/mol. The molecule has 162 valence electrons. The molecule has 30 heavy (non-hydrogen) atoms. The summed E-state index contributed by atoms with van der Waals surface area (Å²) in [5, 5.41) is 2.49. The number of unbranched alkanes of at least 4 members (excludes halogenated alkanes) is 5. The zero-order valence-electron chi connectivity index (χ0n) is 18.7. The van der Waals surface area contributed by atoms with Crippen molar-refractivity contribution < 1.29 is 14.3 Å². The number of ether oxygens (including phenoxy) is 2. The Morgan fingerprint density at radius 3 is 2.47 bits per heavy atom. The summed E-state index contributed by atoms with van der Waals surface area (Å²) in [4.78, 5) is 11.9. The largest absolute Gasteiger partial charge is 0.482 e. The van der Waals surface area contributed by atoms with Crippen molar-refractivity contribution in [3.63, 3.8) is 0 Å². The molecule has 4 nitrogen and oxygen atoms in total. The summed E-state index contributed by atoms with van der Waals surface area (Å²) in [5.41, 5.74) is 2.42. The molecule has 0 bridgehead atoms. The van der Waals surface area contributed by atoms with E-state index in [2.05, 4.69) is 47.9 Å². The Labute approximate surface area is 180 Å². The van der Waals surface area contributed by atoms with E-state index in [0.29, 0.717) is 18.3 Å². The van der Waals surface area contributed by atoms with Gasteiger partial charge in [0.05, 0.1) is 12.1 Å². The van der Waals surface area contributed by atoms with Crippen LogP contribution in [0.4, 0.5) is 0 Å². The number of nitrogens with zero attached hydrogens (tertiary/aromatic N) is 1. The van der Waals surface area contributed by atoms with Gasteiger partial charge in [0, 0.05) is 28.9 Å². The highest BCUT2D eigenvalue weighted by Crippen LogP contribution is 2.32. The number of esters is 1. The first-order valence-electron chi connectivity index (χ1n) is 11.4. The molecular weight excluding hydrogens is 374 g/mol. The number of rotatable bonds is 12. The number of fused-ring (bicyclic) bond motifs is 3. The van der Waals surface area contributed by atoms with Crippen molar-refractivity contribution in [2.45, 2.75) is 65.8 Å². The van der Waals surface area contributed by atoms with Crippen LogP contribution in [0.3, 0.4) is 0 Å². The van der Waals surface area contributed by atoms with Gasteiger partial charge in [-0.25, -0.2) is 4.79 Å². The zero-order valence-corrected chi connectivity index (χ0v) is 18.7. The second kappa shape index (κ2) is 11.1. The van der Waals surface area contributed by atoms with Gasteiger partial charge in [0.2, 0.25) is 0 Å². The van der Waals surface area contributed by atoms with Gasteiger partial charge in [-0.15, -0.1) is 0 Å². The number of benzene rings is 2. The Bertz CT molecular complexity index is 957. The van der Waals surface area contributed by atoms with Crippen LogP contribution in [0.1, 0.15) is 59.3 Å². The van der Waals surface area contributed by atoms with Crippen LogP contribution < -0.4 is 4.74 Å². The maximum atomic E-state index is 11.9. The lowest BCUT2D eigenvalue weighted by atomic mass is 10.1. The second-order valence-electron chi connectivity index (χ2n) is 8.48. The normalized spacial score (nSPS) is 11.5. The van der Waals surface area contributed by atoms with Crippen LogP contribution in [0.5, 0.6) is 5.75 Å². The van der Waals surface area contributed by atoms with Crippen molar-refractivity contribution in [2.24, 2.45) is 5.92 Å². The minimum atomic E-state index is -0.323. The molecule has 3 rings (SSSR count). The third-order valence-electron chi connectivity index (χ3n) is 5.41. The summed E-state index contributed by atoms with van der Waals surface area (Å²) in [6.07, 6.45) is 7.67. The molecule has 0 saturated heterocycles. The summed E-state index contributed by atoms with van der Waals surface area (Å²) >= 11 is 0. The third kappa shape index (κ3) is 5.78. The molecular formula is C26H35NO3. The van der Waals surface area contributed by atoms with Crippen LogP contribution in [-0.4, -0.2) is 23.8 Å².